The number of Topliss-reactive ketones (excluding diaryl/α,β-unsaturated/α-hetero) is 2. The molecule has 0 atom stereocenters. The molecule has 0 spiro atoms. The summed E-state index contributed by atoms with van der Waals surface area (Å²) in [4.78, 5) is 26.4. The molecule has 0 radical (unpaired) electrons. The van der Waals surface area contributed by atoms with Crippen LogP contribution in [-0.4, -0.2) is 22.3 Å². The highest BCUT2D eigenvalue weighted by Gasteiger charge is 2.23. The topological polar surface area (TPSA) is 74.3 Å². The fraction of sp³-hybridized carbons (Fsp3) is 0.292. The second kappa shape index (κ2) is 10.5. The van der Waals surface area contributed by atoms with Crippen LogP contribution in [0.3, 0.4) is 0 Å². The Kier molecular flexibility index (Phi) is 7.65. The molecule has 0 saturated heterocycles. The highest BCUT2D eigenvalue weighted by Crippen LogP contribution is 2.36. The summed E-state index contributed by atoms with van der Waals surface area (Å²) in [6.45, 7) is 0. The number of aromatic amines is 1. The molecule has 9 heteroatoms. The zero-order chi connectivity index (χ0) is 23.5. The molecular weight excluding hydrogens is 504 g/mol. The lowest BCUT2D eigenvalue weighted by Gasteiger charge is -2.12. The lowest BCUT2D eigenvalue weighted by molar-refractivity contribution is -0.113. The molecule has 5 rings (SSSR count). The third-order valence-electron chi connectivity index (χ3n) is 5.73. The summed E-state index contributed by atoms with van der Waals surface area (Å²) in [5, 5.41) is 7.03. The monoisotopic (exact) mass is 523 g/mol. The number of anilines is 1. The van der Waals surface area contributed by atoms with Crippen LogP contribution in [0.1, 0.15) is 54.6 Å². The van der Waals surface area contributed by atoms with E-state index in [0.717, 1.165) is 48.6 Å². The number of hydrazone groups is 1. The predicted octanol–water partition coefficient (Wildman–Crippen LogP) is 7.90. The molecule has 0 unspecified atom stereocenters. The van der Waals surface area contributed by atoms with Gasteiger partial charge >= 0.3 is 0 Å². The van der Waals surface area contributed by atoms with Crippen molar-refractivity contribution in [3.63, 3.8) is 0 Å². The minimum absolute atomic E-state index is 0.113. The summed E-state index contributed by atoms with van der Waals surface area (Å²) in [5.74, 6) is 0.284. The molecule has 1 saturated carbocycles. The van der Waals surface area contributed by atoms with E-state index in [1.54, 1.807) is 24.3 Å². The summed E-state index contributed by atoms with van der Waals surface area (Å²) in [6.07, 6.45) is 5.74. The smallest absolute Gasteiger partial charge is 0.179 e. The average Bonchev–Trinajstić information content (AvgIpc) is 3.20. The number of rotatable bonds is 2. The zero-order valence-corrected chi connectivity index (χ0v) is 20.6. The Balaban J connectivity index is 0.000000157. The Labute approximate surface area is 211 Å². The number of benzene rings is 2. The third kappa shape index (κ3) is 5.22. The van der Waals surface area contributed by atoms with Gasteiger partial charge in [0.15, 0.2) is 11.6 Å². The number of fused-ring (bicyclic) bond motifs is 3. The van der Waals surface area contributed by atoms with Crippen molar-refractivity contribution in [3.05, 3.63) is 61.7 Å². The molecule has 2 aromatic carbocycles. The van der Waals surface area contributed by atoms with Crippen molar-refractivity contribution < 1.29 is 9.59 Å². The van der Waals surface area contributed by atoms with E-state index in [0.29, 0.717) is 50.0 Å². The standard InChI is InChI=1S/C12H12Cl2N2O.C12H9Cl2NO/c13-8-4-3-6-10(12(8)14)16-15-9-5-1-2-7-11(9)17;13-8-5-4-7-6-2-1-3-9(16)11(6)15-12(7)10(8)14/h3-4,6,16H,1-2,5,7H2;4-5,15H,1-3H2/b15-9+;. The van der Waals surface area contributed by atoms with Crippen LogP contribution < -0.4 is 5.43 Å². The predicted molar refractivity (Wildman–Crippen MR) is 137 cm³/mol. The number of ketones is 2. The second-order valence-corrected chi connectivity index (χ2v) is 9.51. The van der Waals surface area contributed by atoms with E-state index in [1.165, 1.54) is 0 Å². The molecule has 2 aliphatic rings. The number of aryl methyl sites for hydroxylation is 1. The van der Waals surface area contributed by atoms with Crippen LogP contribution in [0.5, 0.6) is 0 Å². The van der Waals surface area contributed by atoms with Gasteiger partial charge in [-0.25, -0.2) is 0 Å². The molecule has 33 heavy (non-hydrogen) atoms. The van der Waals surface area contributed by atoms with Crippen molar-refractivity contribution in [1.29, 1.82) is 0 Å². The first kappa shape index (κ1) is 24.1. The number of nitrogens with zero attached hydrogens (tertiary/aromatic N) is 1. The number of carbonyl (C=O) groups excluding carboxylic acids is 2. The lowest BCUT2D eigenvalue weighted by atomic mass is 9.95. The first-order valence-electron chi connectivity index (χ1n) is 10.7. The van der Waals surface area contributed by atoms with Gasteiger partial charge in [-0.05, 0) is 55.9 Å². The first-order valence-corrected chi connectivity index (χ1v) is 12.2. The van der Waals surface area contributed by atoms with Gasteiger partial charge in [0.25, 0.3) is 0 Å². The van der Waals surface area contributed by atoms with Gasteiger partial charge in [-0.1, -0.05) is 58.5 Å². The van der Waals surface area contributed by atoms with Crippen LogP contribution in [0.2, 0.25) is 20.1 Å². The highest BCUT2D eigenvalue weighted by molar-refractivity contribution is 6.45. The highest BCUT2D eigenvalue weighted by atomic mass is 35.5. The molecule has 1 heterocycles. The van der Waals surface area contributed by atoms with Crippen LogP contribution in [0.4, 0.5) is 5.69 Å². The van der Waals surface area contributed by atoms with Gasteiger partial charge in [0.2, 0.25) is 0 Å². The molecule has 0 amide bonds. The average molecular weight is 525 g/mol. The van der Waals surface area contributed by atoms with Gasteiger partial charge in [-0.2, -0.15) is 5.10 Å². The second-order valence-electron chi connectivity index (χ2n) is 7.94. The van der Waals surface area contributed by atoms with Gasteiger partial charge in [-0.15, -0.1) is 0 Å². The van der Waals surface area contributed by atoms with Gasteiger partial charge in [0.1, 0.15) is 5.71 Å². The van der Waals surface area contributed by atoms with Crippen LogP contribution in [0.25, 0.3) is 10.9 Å². The maximum absolute atomic E-state index is 11.7. The molecule has 1 fully saturated rings. The van der Waals surface area contributed by atoms with Crippen LogP contribution in [0, 0.1) is 0 Å². The fourth-order valence-corrected chi connectivity index (χ4v) is 4.72. The number of hydrogen-bond donors (Lipinski definition) is 2. The summed E-state index contributed by atoms with van der Waals surface area (Å²) in [5.41, 5.74) is 6.60. The van der Waals surface area contributed by atoms with E-state index in [2.05, 4.69) is 15.5 Å². The van der Waals surface area contributed by atoms with Crippen molar-refractivity contribution >= 4 is 80.3 Å². The SMILES string of the molecule is O=C1CCCC/C1=N\Nc1cccc(Cl)c1Cl.O=C1CCCc2c1[nH]c1c(Cl)c(Cl)ccc21. The molecule has 0 bridgehead atoms. The van der Waals surface area contributed by atoms with E-state index >= 15 is 0 Å². The molecule has 2 N–H and O–H groups in total. The summed E-state index contributed by atoms with van der Waals surface area (Å²) < 4.78 is 0. The van der Waals surface area contributed by atoms with Crippen LogP contribution in [0.15, 0.2) is 35.4 Å². The van der Waals surface area contributed by atoms with Gasteiger partial charge in [0, 0.05) is 18.2 Å². The summed E-state index contributed by atoms with van der Waals surface area (Å²) in [7, 11) is 0. The van der Waals surface area contributed by atoms with E-state index in [4.69, 9.17) is 46.4 Å². The van der Waals surface area contributed by atoms with Crippen molar-refractivity contribution in [2.45, 2.75) is 44.9 Å². The molecule has 0 aliphatic heterocycles. The minimum Gasteiger partial charge on any atom is -0.351 e. The number of nitrogens with one attached hydrogen (secondary N) is 2. The number of hydrogen-bond acceptors (Lipinski definition) is 4. The number of H-pyrrole nitrogens is 1. The van der Waals surface area contributed by atoms with Crippen LogP contribution >= 0.6 is 46.4 Å². The number of carbonyl (C=O) groups is 2. The van der Waals surface area contributed by atoms with Crippen molar-refractivity contribution in [2.75, 3.05) is 5.43 Å². The van der Waals surface area contributed by atoms with E-state index < -0.39 is 0 Å². The number of aromatic nitrogens is 1. The molecular formula is C24H21Cl4N3O2. The zero-order valence-electron chi connectivity index (χ0n) is 17.6. The van der Waals surface area contributed by atoms with Gasteiger partial charge in [0.05, 0.1) is 37.0 Å². The Morgan fingerprint density at radius 1 is 0.788 bits per heavy atom. The summed E-state index contributed by atoms with van der Waals surface area (Å²) in [6, 6.07) is 8.95. The fourth-order valence-electron chi connectivity index (χ4n) is 4.01. The molecule has 5 nitrogen and oxygen atoms in total. The first-order chi connectivity index (χ1) is 15.9. The molecule has 1 aromatic heterocycles. The van der Waals surface area contributed by atoms with E-state index in [-0.39, 0.29) is 11.6 Å². The van der Waals surface area contributed by atoms with Crippen molar-refractivity contribution in [3.8, 4) is 0 Å². The molecule has 3 aromatic rings. The molecule has 2 aliphatic carbocycles. The normalized spacial score (nSPS) is 17.0. The van der Waals surface area contributed by atoms with Crippen molar-refractivity contribution in [2.24, 2.45) is 5.10 Å². The van der Waals surface area contributed by atoms with Gasteiger partial charge in [-0.3, -0.25) is 15.0 Å². The van der Waals surface area contributed by atoms with Gasteiger partial charge < -0.3 is 4.98 Å². The third-order valence-corrected chi connectivity index (χ3v) is 7.36. The Hall–Kier alpha value is -2.05. The minimum atomic E-state index is 0.113. The quantitative estimate of drug-likeness (QED) is 0.334. The Morgan fingerprint density at radius 2 is 1.52 bits per heavy atom. The molecule has 172 valence electrons. The maximum Gasteiger partial charge on any atom is 0.179 e. The van der Waals surface area contributed by atoms with E-state index in [1.807, 2.05) is 6.07 Å². The van der Waals surface area contributed by atoms with Crippen molar-refractivity contribution in [1.82, 2.24) is 4.98 Å². The largest absolute Gasteiger partial charge is 0.351 e. The Morgan fingerprint density at radius 3 is 2.30 bits per heavy atom. The van der Waals surface area contributed by atoms with Crippen LogP contribution in [-0.2, 0) is 11.2 Å². The summed E-state index contributed by atoms with van der Waals surface area (Å²) >= 11 is 23.9. The lowest BCUT2D eigenvalue weighted by Crippen LogP contribution is -2.19. The maximum atomic E-state index is 11.7. The van der Waals surface area contributed by atoms with E-state index in [9.17, 15) is 9.59 Å². The Bertz CT molecular complexity index is 1270. The number of halogens is 4.